The standard InChI is InChI=1S/C30H30ClN5O2/c1-21-25(20-22-12-14-24(31)15-13-22)29(34-28(32-21)23-8-4-3-5-9-23)35-16-18-36(19-17-35)30(37)33-26-10-6-7-11-27(26)38-2/h3-15H,16-20H2,1-2H3,(H,33,37). The first-order valence-corrected chi connectivity index (χ1v) is 13.0. The minimum absolute atomic E-state index is 0.139. The molecule has 1 aromatic heterocycles. The van der Waals surface area contributed by atoms with Crippen molar-refractivity contribution in [1.29, 1.82) is 0 Å². The maximum atomic E-state index is 13.0. The van der Waals surface area contributed by atoms with Gasteiger partial charge in [-0.05, 0) is 36.8 Å². The Morgan fingerprint density at radius 2 is 1.61 bits per heavy atom. The second kappa shape index (κ2) is 11.5. The zero-order valence-corrected chi connectivity index (χ0v) is 22.3. The number of piperazine rings is 1. The third-order valence-corrected chi connectivity index (χ3v) is 6.99. The van der Waals surface area contributed by atoms with Crippen molar-refractivity contribution in [3.63, 3.8) is 0 Å². The molecule has 3 aromatic carbocycles. The highest BCUT2D eigenvalue weighted by molar-refractivity contribution is 6.30. The number of aromatic nitrogens is 2. The second-order valence-electron chi connectivity index (χ2n) is 9.21. The first kappa shape index (κ1) is 25.5. The van der Waals surface area contributed by atoms with E-state index in [2.05, 4.69) is 10.2 Å². The van der Waals surface area contributed by atoms with Crippen LogP contribution in [0.5, 0.6) is 5.75 Å². The summed E-state index contributed by atoms with van der Waals surface area (Å²) in [6.07, 6.45) is 0.696. The summed E-state index contributed by atoms with van der Waals surface area (Å²) in [4.78, 5) is 27.0. The Kier molecular flexibility index (Phi) is 7.75. The van der Waals surface area contributed by atoms with E-state index < -0.39 is 0 Å². The molecule has 0 unspecified atom stereocenters. The van der Waals surface area contributed by atoms with Crippen LogP contribution in [-0.2, 0) is 6.42 Å². The topological polar surface area (TPSA) is 70.6 Å². The van der Waals surface area contributed by atoms with Crippen LogP contribution < -0.4 is 15.0 Å². The van der Waals surface area contributed by atoms with Crippen molar-refractivity contribution in [1.82, 2.24) is 14.9 Å². The number of para-hydroxylation sites is 2. The molecule has 2 heterocycles. The molecule has 0 saturated carbocycles. The molecule has 1 N–H and O–H groups in total. The third-order valence-electron chi connectivity index (χ3n) is 6.73. The van der Waals surface area contributed by atoms with Gasteiger partial charge in [0, 0.05) is 54.4 Å². The molecule has 1 fully saturated rings. The minimum Gasteiger partial charge on any atom is -0.495 e. The molecule has 194 valence electrons. The van der Waals surface area contributed by atoms with Crippen molar-refractivity contribution >= 4 is 29.1 Å². The monoisotopic (exact) mass is 527 g/mol. The number of hydrogen-bond donors (Lipinski definition) is 1. The zero-order chi connectivity index (χ0) is 26.5. The fraction of sp³-hybridized carbons (Fsp3) is 0.233. The summed E-state index contributed by atoms with van der Waals surface area (Å²) in [7, 11) is 1.60. The van der Waals surface area contributed by atoms with Gasteiger partial charge in [0.25, 0.3) is 0 Å². The summed E-state index contributed by atoms with van der Waals surface area (Å²) in [5.41, 5.74) is 4.81. The Morgan fingerprint density at radius 3 is 2.32 bits per heavy atom. The lowest BCUT2D eigenvalue weighted by Crippen LogP contribution is -2.50. The fourth-order valence-electron chi connectivity index (χ4n) is 4.64. The van der Waals surface area contributed by atoms with E-state index >= 15 is 0 Å². The number of aryl methyl sites for hydroxylation is 1. The quantitative estimate of drug-likeness (QED) is 0.330. The van der Waals surface area contributed by atoms with Gasteiger partial charge in [0.05, 0.1) is 12.8 Å². The van der Waals surface area contributed by atoms with Crippen molar-refractivity contribution in [2.75, 3.05) is 43.5 Å². The molecule has 2 amide bonds. The van der Waals surface area contributed by atoms with Crippen molar-refractivity contribution in [3.8, 4) is 17.1 Å². The van der Waals surface area contributed by atoms with E-state index in [0.29, 0.717) is 54.9 Å². The highest BCUT2D eigenvalue weighted by Crippen LogP contribution is 2.29. The number of anilines is 2. The summed E-state index contributed by atoms with van der Waals surface area (Å²) in [5, 5.41) is 3.69. The van der Waals surface area contributed by atoms with Crippen LogP contribution in [0.3, 0.4) is 0 Å². The van der Waals surface area contributed by atoms with E-state index in [0.717, 1.165) is 28.2 Å². The number of methoxy groups -OCH3 is 1. The number of carbonyl (C=O) groups is 1. The number of ether oxygens (including phenoxy) is 1. The lowest BCUT2D eigenvalue weighted by Gasteiger charge is -2.36. The van der Waals surface area contributed by atoms with Gasteiger partial charge in [0.2, 0.25) is 0 Å². The maximum Gasteiger partial charge on any atom is 0.322 e. The van der Waals surface area contributed by atoms with Crippen LogP contribution in [0.1, 0.15) is 16.8 Å². The summed E-state index contributed by atoms with van der Waals surface area (Å²) in [6.45, 7) is 4.52. The molecule has 0 atom stereocenters. The molecule has 1 saturated heterocycles. The third kappa shape index (κ3) is 5.73. The molecule has 0 aliphatic carbocycles. The number of rotatable bonds is 6. The minimum atomic E-state index is -0.139. The van der Waals surface area contributed by atoms with Crippen molar-refractivity contribution in [3.05, 3.63) is 101 Å². The van der Waals surface area contributed by atoms with E-state index in [1.165, 1.54) is 0 Å². The maximum absolute atomic E-state index is 13.0. The Morgan fingerprint density at radius 1 is 0.921 bits per heavy atom. The van der Waals surface area contributed by atoms with Crippen LogP contribution in [0.25, 0.3) is 11.4 Å². The Balaban J connectivity index is 1.38. The second-order valence-corrected chi connectivity index (χ2v) is 9.65. The highest BCUT2D eigenvalue weighted by Gasteiger charge is 2.26. The van der Waals surface area contributed by atoms with E-state index in [9.17, 15) is 4.79 Å². The number of nitrogens with one attached hydrogen (secondary N) is 1. The van der Waals surface area contributed by atoms with Gasteiger partial charge in [-0.2, -0.15) is 0 Å². The molecular formula is C30H30ClN5O2. The molecule has 38 heavy (non-hydrogen) atoms. The SMILES string of the molecule is COc1ccccc1NC(=O)N1CCN(c2nc(-c3ccccc3)nc(C)c2Cc2ccc(Cl)cc2)CC1. The number of benzene rings is 3. The number of nitrogens with zero attached hydrogens (tertiary/aromatic N) is 4. The van der Waals surface area contributed by atoms with E-state index in [-0.39, 0.29) is 6.03 Å². The predicted molar refractivity (Wildman–Crippen MR) is 152 cm³/mol. The fourth-order valence-corrected chi connectivity index (χ4v) is 4.76. The first-order chi connectivity index (χ1) is 18.5. The smallest absolute Gasteiger partial charge is 0.322 e. The Hall–Kier alpha value is -4.10. The van der Waals surface area contributed by atoms with Gasteiger partial charge in [-0.25, -0.2) is 14.8 Å². The number of hydrogen-bond acceptors (Lipinski definition) is 5. The number of urea groups is 1. The van der Waals surface area contributed by atoms with Gasteiger partial charge in [-0.15, -0.1) is 0 Å². The largest absolute Gasteiger partial charge is 0.495 e. The zero-order valence-electron chi connectivity index (χ0n) is 21.5. The molecule has 8 heteroatoms. The lowest BCUT2D eigenvalue weighted by atomic mass is 10.0. The Labute approximate surface area is 228 Å². The number of carbonyl (C=O) groups excluding carboxylic acids is 1. The average Bonchev–Trinajstić information content (AvgIpc) is 2.96. The normalized spacial score (nSPS) is 13.3. The lowest BCUT2D eigenvalue weighted by molar-refractivity contribution is 0.208. The van der Waals surface area contributed by atoms with Crippen molar-refractivity contribution in [2.24, 2.45) is 0 Å². The van der Waals surface area contributed by atoms with Gasteiger partial charge >= 0.3 is 6.03 Å². The summed E-state index contributed by atoms with van der Waals surface area (Å²) < 4.78 is 5.37. The molecule has 1 aliphatic rings. The summed E-state index contributed by atoms with van der Waals surface area (Å²) >= 11 is 6.12. The van der Waals surface area contributed by atoms with E-state index in [4.69, 9.17) is 26.3 Å². The van der Waals surface area contributed by atoms with Crippen LogP contribution in [0.4, 0.5) is 16.3 Å². The van der Waals surface area contributed by atoms with Crippen LogP contribution in [0, 0.1) is 6.92 Å². The van der Waals surface area contributed by atoms with Crippen LogP contribution >= 0.6 is 11.6 Å². The van der Waals surface area contributed by atoms with Crippen molar-refractivity contribution < 1.29 is 9.53 Å². The molecule has 7 nitrogen and oxygen atoms in total. The highest BCUT2D eigenvalue weighted by atomic mass is 35.5. The molecule has 5 rings (SSSR count). The summed E-state index contributed by atoms with van der Waals surface area (Å²) in [6, 6.07) is 25.2. The van der Waals surface area contributed by atoms with Gasteiger partial charge in [0.1, 0.15) is 11.6 Å². The van der Waals surface area contributed by atoms with Crippen LogP contribution in [0.2, 0.25) is 5.02 Å². The van der Waals surface area contributed by atoms with E-state index in [1.54, 1.807) is 7.11 Å². The Bertz CT molecular complexity index is 1400. The molecule has 1 aliphatic heterocycles. The van der Waals surface area contributed by atoms with Gasteiger partial charge in [-0.3, -0.25) is 0 Å². The number of amides is 2. The first-order valence-electron chi connectivity index (χ1n) is 12.6. The molecule has 0 radical (unpaired) electrons. The number of halogens is 1. The van der Waals surface area contributed by atoms with Gasteiger partial charge in [0.15, 0.2) is 5.82 Å². The van der Waals surface area contributed by atoms with E-state index in [1.807, 2.05) is 90.7 Å². The van der Waals surface area contributed by atoms with Crippen LogP contribution in [-0.4, -0.2) is 54.2 Å². The molecule has 4 aromatic rings. The average molecular weight is 528 g/mol. The van der Waals surface area contributed by atoms with Gasteiger partial charge < -0.3 is 19.9 Å². The molecular weight excluding hydrogens is 498 g/mol. The molecule has 0 spiro atoms. The summed E-state index contributed by atoms with van der Waals surface area (Å²) in [5.74, 6) is 2.25. The predicted octanol–water partition coefficient (Wildman–Crippen LogP) is 6.06. The molecule has 0 bridgehead atoms. The van der Waals surface area contributed by atoms with Crippen LogP contribution in [0.15, 0.2) is 78.9 Å². The van der Waals surface area contributed by atoms with Gasteiger partial charge in [-0.1, -0.05) is 66.2 Å². The van der Waals surface area contributed by atoms with Crippen molar-refractivity contribution in [2.45, 2.75) is 13.3 Å².